The average Bonchev–Trinajstić information content (AvgIpc) is 3.04. The normalized spacial score (nSPS) is 11.0. The van der Waals surface area contributed by atoms with Gasteiger partial charge in [0.2, 0.25) is 0 Å². The fourth-order valence-electron chi connectivity index (χ4n) is 3.82. The van der Waals surface area contributed by atoms with E-state index in [0.29, 0.717) is 19.0 Å². The summed E-state index contributed by atoms with van der Waals surface area (Å²) >= 11 is 0. The highest BCUT2D eigenvalue weighted by Crippen LogP contribution is 2.31. The lowest BCUT2D eigenvalue weighted by Gasteiger charge is -2.26. The topological polar surface area (TPSA) is 41.4 Å². The first-order chi connectivity index (χ1) is 14.3. The molecule has 0 unspecified atom stereocenters. The smallest absolute Gasteiger partial charge is 0.254 e. The van der Waals surface area contributed by atoms with Crippen LogP contribution in [0.4, 0.5) is 5.82 Å². The molecule has 0 spiro atoms. The van der Waals surface area contributed by atoms with Gasteiger partial charge in [-0.05, 0) is 25.0 Å². The number of hydrogen-bond acceptors (Lipinski definition) is 3. The summed E-state index contributed by atoms with van der Waals surface area (Å²) in [5.74, 6) is 1.43. The zero-order chi connectivity index (χ0) is 21.8. The Kier molecular flexibility index (Phi) is 6.60. The van der Waals surface area contributed by atoms with Crippen LogP contribution >= 0.6 is 0 Å². The minimum atomic E-state index is 0.0521. The third kappa shape index (κ3) is 4.73. The van der Waals surface area contributed by atoms with Gasteiger partial charge in [-0.2, -0.15) is 5.10 Å². The maximum atomic E-state index is 13.4. The second-order valence-corrected chi connectivity index (χ2v) is 8.48. The summed E-state index contributed by atoms with van der Waals surface area (Å²) in [4.78, 5) is 17.4. The van der Waals surface area contributed by atoms with Gasteiger partial charge in [-0.25, -0.2) is 0 Å². The van der Waals surface area contributed by atoms with Gasteiger partial charge in [0, 0.05) is 44.4 Å². The second-order valence-electron chi connectivity index (χ2n) is 8.48. The molecule has 1 amide bonds. The van der Waals surface area contributed by atoms with E-state index in [1.54, 1.807) is 0 Å². The molecule has 0 aliphatic carbocycles. The molecule has 5 nitrogen and oxygen atoms in total. The summed E-state index contributed by atoms with van der Waals surface area (Å²) in [5, 5.41) is 4.82. The van der Waals surface area contributed by atoms with E-state index < -0.39 is 0 Å². The molecule has 1 heterocycles. The number of carbonyl (C=O) groups excluding carboxylic acids is 1. The van der Waals surface area contributed by atoms with Crippen molar-refractivity contribution in [2.24, 2.45) is 13.0 Å². The van der Waals surface area contributed by atoms with Crippen LogP contribution in [0.3, 0.4) is 0 Å². The summed E-state index contributed by atoms with van der Waals surface area (Å²) in [6.45, 7) is 7.51. The maximum absolute atomic E-state index is 13.4. The highest BCUT2D eigenvalue weighted by atomic mass is 16.2. The van der Waals surface area contributed by atoms with Crippen molar-refractivity contribution in [3.63, 3.8) is 0 Å². The highest BCUT2D eigenvalue weighted by molar-refractivity contribution is 5.94. The Morgan fingerprint density at radius 1 is 1.03 bits per heavy atom. The number of amides is 1. The van der Waals surface area contributed by atoms with Crippen molar-refractivity contribution in [3.8, 4) is 11.3 Å². The molecule has 1 aromatic heterocycles. The SMILES string of the molecule is Cc1ccc(C(=O)N(Cc2c(-c3ccccc3)nn(C)c2N(C)C)CC(C)C)cc1. The van der Waals surface area contributed by atoms with E-state index in [9.17, 15) is 4.79 Å². The molecule has 0 aliphatic heterocycles. The largest absolute Gasteiger partial charge is 0.363 e. The molecule has 0 atom stereocenters. The van der Waals surface area contributed by atoms with Crippen molar-refractivity contribution in [1.82, 2.24) is 14.7 Å². The summed E-state index contributed by atoms with van der Waals surface area (Å²) in [6, 6.07) is 18.0. The molecule has 0 fully saturated rings. The Morgan fingerprint density at radius 3 is 2.23 bits per heavy atom. The molecule has 158 valence electrons. The molecule has 0 saturated carbocycles. The molecule has 3 aromatic rings. The molecule has 0 radical (unpaired) electrons. The predicted molar refractivity (Wildman–Crippen MR) is 124 cm³/mol. The van der Waals surface area contributed by atoms with Crippen molar-refractivity contribution in [2.45, 2.75) is 27.3 Å². The molecule has 0 N–H and O–H groups in total. The Bertz CT molecular complexity index is 988. The molecule has 2 aromatic carbocycles. The van der Waals surface area contributed by atoms with Crippen molar-refractivity contribution in [1.29, 1.82) is 0 Å². The zero-order valence-corrected chi connectivity index (χ0v) is 18.9. The van der Waals surface area contributed by atoms with Gasteiger partial charge in [-0.3, -0.25) is 9.48 Å². The van der Waals surface area contributed by atoms with Gasteiger partial charge in [0.15, 0.2) is 0 Å². The fourth-order valence-corrected chi connectivity index (χ4v) is 3.82. The first kappa shape index (κ1) is 21.6. The quantitative estimate of drug-likeness (QED) is 0.570. The molecular formula is C25H32N4O. The number of aromatic nitrogens is 2. The third-order valence-electron chi connectivity index (χ3n) is 5.10. The molecule has 0 saturated heterocycles. The van der Waals surface area contributed by atoms with Gasteiger partial charge in [0.1, 0.15) is 5.82 Å². The Hall–Kier alpha value is -3.08. The van der Waals surface area contributed by atoms with Crippen LogP contribution in [-0.4, -0.2) is 41.2 Å². The maximum Gasteiger partial charge on any atom is 0.254 e. The lowest BCUT2D eigenvalue weighted by Crippen LogP contribution is -2.34. The van der Waals surface area contributed by atoms with Crippen molar-refractivity contribution in [3.05, 3.63) is 71.3 Å². The summed E-state index contributed by atoms with van der Waals surface area (Å²) in [6.07, 6.45) is 0. The summed E-state index contributed by atoms with van der Waals surface area (Å²) in [7, 11) is 5.99. The van der Waals surface area contributed by atoms with Gasteiger partial charge in [-0.15, -0.1) is 0 Å². The minimum absolute atomic E-state index is 0.0521. The standard InChI is InChI=1S/C25H32N4O/c1-18(2)16-29(25(30)21-14-12-19(3)13-15-21)17-22-23(20-10-8-7-9-11-20)26-28(6)24(22)27(4)5/h7-15,18H,16-17H2,1-6H3. The Labute approximate surface area is 179 Å². The van der Waals surface area contributed by atoms with Crippen LogP contribution in [0.25, 0.3) is 11.3 Å². The lowest BCUT2D eigenvalue weighted by molar-refractivity contribution is 0.0723. The number of benzene rings is 2. The van der Waals surface area contributed by atoms with Gasteiger partial charge >= 0.3 is 0 Å². The molecule has 30 heavy (non-hydrogen) atoms. The van der Waals surface area contributed by atoms with E-state index in [-0.39, 0.29) is 5.91 Å². The van der Waals surface area contributed by atoms with Gasteiger partial charge < -0.3 is 9.80 Å². The van der Waals surface area contributed by atoms with E-state index in [0.717, 1.165) is 33.8 Å². The van der Waals surface area contributed by atoms with Crippen LogP contribution in [0.1, 0.15) is 35.3 Å². The molecule has 5 heteroatoms. The highest BCUT2D eigenvalue weighted by Gasteiger charge is 2.25. The number of hydrogen-bond donors (Lipinski definition) is 0. The number of nitrogens with zero attached hydrogens (tertiary/aromatic N) is 4. The Morgan fingerprint density at radius 2 is 1.67 bits per heavy atom. The number of rotatable bonds is 7. The molecule has 0 bridgehead atoms. The molecule has 0 aliphatic rings. The van der Waals surface area contributed by atoms with Crippen LogP contribution in [0.15, 0.2) is 54.6 Å². The third-order valence-corrected chi connectivity index (χ3v) is 5.10. The number of anilines is 1. The first-order valence-corrected chi connectivity index (χ1v) is 10.4. The van der Waals surface area contributed by atoms with E-state index in [1.165, 1.54) is 0 Å². The van der Waals surface area contributed by atoms with E-state index in [2.05, 4.69) is 30.9 Å². The van der Waals surface area contributed by atoms with Crippen molar-refractivity contribution >= 4 is 11.7 Å². The van der Waals surface area contributed by atoms with Crippen LogP contribution < -0.4 is 4.90 Å². The van der Waals surface area contributed by atoms with Crippen LogP contribution in [0, 0.1) is 12.8 Å². The minimum Gasteiger partial charge on any atom is -0.363 e. The predicted octanol–water partition coefficient (Wildman–Crippen LogP) is 4.76. The monoisotopic (exact) mass is 404 g/mol. The number of aryl methyl sites for hydroxylation is 2. The Balaban J connectivity index is 2.05. The van der Waals surface area contributed by atoms with Gasteiger partial charge in [0.05, 0.1) is 12.2 Å². The van der Waals surface area contributed by atoms with Gasteiger partial charge in [0.25, 0.3) is 5.91 Å². The van der Waals surface area contributed by atoms with Crippen molar-refractivity contribution in [2.75, 3.05) is 25.5 Å². The summed E-state index contributed by atoms with van der Waals surface area (Å²) < 4.78 is 1.90. The average molecular weight is 405 g/mol. The fraction of sp³-hybridized carbons (Fsp3) is 0.360. The molecule has 3 rings (SSSR count). The van der Waals surface area contributed by atoms with Gasteiger partial charge in [-0.1, -0.05) is 61.9 Å². The first-order valence-electron chi connectivity index (χ1n) is 10.4. The van der Waals surface area contributed by atoms with Crippen LogP contribution in [0.5, 0.6) is 0 Å². The van der Waals surface area contributed by atoms with Crippen molar-refractivity contribution < 1.29 is 4.79 Å². The number of carbonyl (C=O) groups is 1. The summed E-state index contributed by atoms with van der Waals surface area (Å²) in [5.41, 5.74) is 4.92. The van der Waals surface area contributed by atoms with E-state index in [4.69, 9.17) is 5.10 Å². The second kappa shape index (κ2) is 9.16. The van der Waals surface area contributed by atoms with E-state index in [1.807, 2.05) is 80.1 Å². The lowest BCUT2D eigenvalue weighted by atomic mass is 10.0. The zero-order valence-electron chi connectivity index (χ0n) is 18.9. The van der Waals surface area contributed by atoms with Crippen LogP contribution in [0.2, 0.25) is 0 Å². The van der Waals surface area contributed by atoms with E-state index >= 15 is 0 Å². The van der Waals surface area contributed by atoms with Crippen LogP contribution in [-0.2, 0) is 13.6 Å². The molecular weight excluding hydrogens is 372 g/mol.